The van der Waals surface area contributed by atoms with Crippen LogP contribution in [0.5, 0.6) is 0 Å². The Hall–Kier alpha value is -2.15. The molecular formula is C9H10N3O4. The van der Waals surface area contributed by atoms with Gasteiger partial charge in [0.1, 0.15) is 5.82 Å². The fourth-order valence-electron chi connectivity index (χ4n) is 0.981. The first-order chi connectivity index (χ1) is 7.43. The largest absolute Gasteiger partial charge is 0.463 e. The Labute approximate surface area is 91.5 Å². The van der Waals surface area contributed by atoms with Crippen LogP contribution in [0.4, 0.5) is 10.6 Å². The minimum absolute atomic E-state index is 0.0667. The van der Waals surface area contributed by atoms with Gasteiger partial charge in [-0.05, 0) is 12.1 Å². The summed E-state index contributed by atoms with van der Waals surface area (Å²) in [6.45, 7) is 0. The van der Waals surface area contributed by atoms with Crippen molar-refractivity contribution in [3.05, 3.63) is 23.9 Å². The number of carbonyl (C=O) groups is 2. The van der Waals surface area contributed by atoms with Gasteiger partial charge in [-0.25, -0.2) is 9.78 Å². The lowest BCUT2D eigenvalue weighted by Gasteiger charge is -2.11. The number of hydrogen-bond acceptors (Lipinski definition) is 4. The highest BCUT2D eigenvalue weighted by molar-refractivity contribution is 6.01. The summed E-state index contributed by atoms with van der Waals surface area (Å²) in [4.78, 5) is 27.1. The zero-order chi connectivity index (χ0) is 12.3. The van der Waals surface area contributed by atoms with Gasteiger partial charge in [0.2, 0.25) is 0 Å². The van der Waals surface area contributed by atoms with E-state index in [1.165, 1.54) is 12.1 Å². The number of hydrogen-bond donors (Lipinski definition) is 1. The molecule has 0 saturated heterocycles. The summed E-state index contributed by atoms with van der Waals surface area (Å²) >= 11 is 0. The quantitative estimate of drug-likeness (QED) is 0.743. The first-order valence-electron chi connectivity index (χ1n) is 4.31. The smallest absolute Gasteiger partial charge is 0.441 e. The molecule has 1 aromatic rings. The van der Waals surface area contributed by atoms with Crippen molar-refractivity contribution in [1.29, 1.82) is 0 Å². The Morgan fingerprint density at radius 2 is 1.94 bits per heavy atom. The highest BCUT2D eigenvalue weighted by Crippen LogP contribution is 2.09. The Morgan fingerprint density at radius 1 is 1.31 bits per heavy atom. The third-order valence-electron chi connectivity index (χ3n) is 1.81. The van der Waals surface area contributed by atoms with Gasteiger partial charge in [0.05, 0.1) is 5.56 Å². The molecule has 85 valence electrons. The van der Waals surface area contributed by atoms with Crippen LogP contribution in [0.25, 0.3) is 0 Å². The van der Waals surface area contributed by atoms with E-state index in [1.807, 2.05) is 0 Å². The molecule has 0 spiro atoms. The molecule has 1 aromatic heterocycles. The molecule has 0 aliphatic heterocycles. The second-order valence-electron chi connectivity index (χ2n) is 3.18. The van der Waals surface area contributed by atoms with Crippen LogP contribution in [0.3, 0.4) is 0 Å². The molecule has 0 bridgehead atoms. The van der Waals surface area contributed by atoms with Crippen LogP contribution >= 0.6 is 0 Å². The van der Waals surface area contributed by atoms with E-state index in [1.54, 1.807) is 19.0 Å². The van der Waals surface area contributed by atoms with Gasteiger partial charge in [-0.15, -0.1) is 0 Å². The van der Waals surface area contributed by atoms with Gasteiger partial charge in [0.25, 0.3) is 5.91 Å². The molecule has 0 unspecified atom stereocenters. The monoisotopic (exact) mass is 224 g/mol. The van der Waals surface area contributed by atoms with Crippen molar-refractivity contribution in [3.63, 3.8) is 0 Å². The maximum Gasteiger partial charge on any atom is 0.441 e. The van der Waals surface area contributed by atoms with Gasteiger partial charge in [-0.1, -0.05) is 10.3 Å². The van der Waals surface area contributed by atoms with Crippen molar-refractivity contribution in [2.24, 2.45) is 0 Å². The van der Waals surface area contributed by atoms with Gasteiger partial charge in [-0.2, -0.15) is 0 Å². The van der Waals surface area contributed by atoms with Crippen molar-refractivity contribution < 1.29 is 19.9 Å². The van der Waals surface area contributed by atoms with Gasteiger partial charge in [-0.3, -0.25) is 4.79 Å². The number of aromatic nitrogens is 1. The third kappa shape index (κ3) is 2.45. The van der Waals surface area contributed by atoms with E-state index in [0.717, 1.165) is 6.20 Å². The number of pyridine rings is 1. The normalized spacial score (nSPS) is 9.69. The number of amides is 2. The molecule has 7 nitrogen and oxygen atoms in total. The SMILES string of the molecule is CN(C)c1ccc(C(=O)N([O])C(=O)O)cn1. The van der Waals surface area contributed by atoms with Crippen LogP contribution in [0.15, 0.2) is 18.3 Å². The van der Waals surface area contributed by atoms with E-state index >= 15 is 0 Å². The summed E-state index contributed by atoms with van der Waals surface area (Å²) in [6, 6.07) is 2.86. The Bertz CT molecular complexity index is 402. The highest BCUT2D eigenvalue weighted by Gasteiger charge is 2.22. The molecule has 7 heteroatoms. The van der Waals surface area contributed by atoms with Gasteiger partial charge in [0.15, 0.2) is 0 Å². The van der Waals surface area contributed by atoms with Crippen LogP contribution in [0, 0.1) is 0 Å². The molecule has 0 atom stereocenters. The van der Waals surface area contributed by atoms with E-state index in [9.17, 15) is 14.8 Å². The average Bonchev–Trinajstić information content (AvgIpc) is 2.27. The zero-order valence-electron chi connectivity index (χ0n) is 8.75. The number of hydroxylamine groups is 2. The lowest BCUT2D eigenvalue weighted by Crippen LogP contribution is -2.31. The predicted octanol–water partition coefficient (Wildman–Crippen LogP) is 0.613. The van der Waals surface area contributed by atoms with E-state index in [4.69, 9.17) is 5.11 Å². The highest BCUT2D eigenvalue weighted by atomic mass is 16.6. The molecule has 1 N–H and O–H groups in total. The summed E-state index contributed by atoms with van der Waals surface area (Å²) in [5.74, 6) is -0.547. The molecule has 0 fully saturated rings. The number of carbonyl (C=O) groups excluding carboxylic acids is 1. The maximum atomic E-state index is 11.2. The summed E-state index contributed by atoms with van der Waals surface area (Å²) in [5, 5.41) is 18.5. The number of imide groups is 1. The fourth-order valence-corrected chi connectivity index (χ4v) is 0.981. The summed E-state index contributed by atoms with van der Waals surface area (Å²) in [7, 11) is 3.53. The van der Waals surface area contributed by atoms with Crippen molar-refractivity contribution >= 4 is 17.8 Å². The Kier molecular flexibility index (Phi) is 3.41. The van der Waals surface area contributed by atoms with Crippen LogP contribution in [0.2, 0.25) is 0 Å². The number of rotatable bonds is 2. The first-order valence-corrected chi connectivity index (χ1v) is 4.31. The number of carboxylic acid groups (broad SMARTS) is 1. The van der Waals surface area contributed by atoms with Gasteiger partial charge < -0.3 is 10.0 Å². The molecule has 1 heterocycles. The molecule has 0 aliphatic rings. The van der Waals surface area contributed by atoms with E-state index in [2.05, 4.69) is 4.98 Å². The molecule has 1 rings (SSSR count). The molecule has 0 saturated carbocycles. The standard InChI is InChI=1S/C9H10N3O4/c1-11(2)7-4-3-6(5-10-7)8(13)12(16)9(14)15/h3-5H,1-2H3,(H,14,15). The Morgan fingerprint density at radius 3 is 2.31 bits per heavy atom. The summed E-state index contributed by atoms with van der Waals surface area (Å²) in [6.07, 6.45) is -0.687. The van der Waals surface area contributed by atoms with Crippen LogP contribution in [0.1, 0.15) is 10.4 Å². The van der Waals surface area contributed by atoms with Gasteiger partial charge in [0, 0.05) is 20.3 Å². The lowest BCUT2D eigenvalue weighted by atomic mass is 10.2. The average molecular weight is 224 g/mol. The number of nitrogens with zero attached hydrogens (tertiary/aromatic N) is 3. The van der Waals surface area contributed by atoms with E-state index in [-0.39, 0.29) is 5.56 Å². The minimum Gasteiger partial charge on any atom is -0.463 e. The fraction of sp³-hybridized carbons (Fsp3) is 0.222. The van der Waals surface area contributed by atoms with E-state index < -0.39 is 17.1 Å². The van der Waals surface area contributed by atoms with Crippen molar-refractivity contribution in [2.45, 2.75) is 0 Å². The molecule has 0 aliphatic carbocycles. The zero-order valence-corrected chi connectivity index (χ0v) is 8.75. The van der Waals surface area contributed by atoms with Crippen LogP contribution in [-0.2, 0) is 5.21 Å². The molecule has 0 aromatic carbocycles. The first kappa shape index (κ1) is 11.9. The van der Waals surface area contributed by atoms with Crippen molar-refractivity contribution in [1.82, 2.24) is 10.0 Å². The molecule has 16 heavy (non-hydrogen) atoms. The molecular weight excluding hydrogens is 214 g/mol. The van der Waals surface area contributed by atoms with Crippen LogP contribution < -0.4 is 4.90 Å². The second-order valence-corrected chi connectivity index (χ2v) is 3.18. The summed E-state index contributed by atoms with van der Waals surface area (Å²) in [5.41, 5.74) is -0.0667. The maximum absolute atomic E-state index is 11.2. The molecule has 2 amide bonds. The van der Waals surface area contributed by atoms with Crippen LogP contribution in [-0.4, -0.2) is 41.2 Å². The number of anilines is 1. The Balaban J connectivity index is 2.90. The van der Waals surface area contributed by atoms with Crippen molar-refractivity contribution in [3.8, 4) is 0 Å². The summed E-state index contributed by atoms with van der Waals surface area (Å²) < 4.78 is 0. The third-order valence-corrected chi connectivity index (χ3v) is 1.81. The van der Waals surface area contributed by atoms with Crippen molar-refractivity contribution in [2.75, 3.05) is 19.0 Å². The van der Waals surface area contributed by atoms with Gasteiger partial charge >= 0.3 is 6.09 Å². The lowest BCUT2D eigenvalue weighted by molar-refractivity contribution is -0.0926. The van der Waals surface area contributed by atoms with E-state index in [0.29, 0.717) is 5.82 Å². The topological polar surface area (TPSA) is 93.6 Å². The molecule has 1 radical (unpaired) electrons. The second kappa shape index (κ2) is 4.58. The minimum atomic E-state index is -1.85. The predicted molar refractivity (Wildman–Crippen MR) is 53.4 cm³/mol.